The SMILES string of the molecule is CC(OC(=O)c1ccccc1)c1cc2cnc(Nc3ccc(N4CCNCCC4=O)cn3)nc2c(N2CCCCC2)n1. The van der Waals surface area contributed by atoms with Gasteiger partial charge in [-0.3, -0.25) is 4.79 Å². The van der Waals surface area contributed by atoms with Crippen LogP contribution in [0.2, 0.25) is 0 Å². The molecule has 1 aromatic carbocycles. The fourth-order valence-electron chi connectivity index (χ4n) is 5.28. The van der Waals surface area contributed by atoms with E-state index < -0.39 is 12.1 Å². The molecular formula is C31H34N8O3. The number of nitrogens with zero attached hydrogens (tertiary/aromatic N) is 6. The third-order valence-electron chi connectivity index (χ3n) is 7.56. The average Bonchev–Trinajstić information content (AvgIpc) is 3.25. The molecule has 0 aliphatic carbocycles. The third kappa shape index (κ3) is 6.15. The summed E-state index contributed by atoms with van der Waals surface area (Å²) in [5.41, 5.74) is 2.63. The van der Waals surface area contributed by atoms with Gasteiger partial charge in [0.25, 0.3) is 0 Å². The van der Waals surface area contributed by atoms with Crippen molar-refractivity contribution in [3.8, 4) is 0 Å². The van der Waals surface area contributed by atoms with Gasteiger partial charge in [0.15, 0.2) is 5.82 Å². The van der Waals surface area contributed by atoms with Crippen LogP contribution < -0.4 is 20.4 Å². The first-order valence-electron chi connectivity index (χ1n) is 14.5. The highest BCUT2D eigenvalue weighted by atomic mass is 16.5. The van der Waals surface area contributed by atoms with E-state index in [4.69, 9.17) is 14.7 Å². The maximum atomic E-state index is 12.7. The average molecular weight is 567 g/mol. The number of carbonyl (C=O) groups excluding carboxylic acids is 2. The Labute approximate surface area is 244 Å². The fraction of sp³-hybridized carbons (Fsp3) is 0.355. The molecular weight excluding hydrogens is 532 g/mol. The summed E-state index contributed by atoms with van der Waals surface area (Å²) in [6.45, 7) is 5.64. The lowest BCUT2D eigenvalue weighted by atomic mass is 10.1. The number of esters is 1. The van der Waals surface area contributed by atoms with Crippen molar-refractivity contribution in [1.29, 1.82) is 0 Å². The van der Waals surface area contributed by atoms with Crippen molar-refractivity contribution in [2.75, 3.05) is 47.8 Å². The van der Waals surface area contributed by atoms with Crippen LogP contribution in [-0.2, 0) is 9.53 Å². The number of piperidine rings is 1. The summed E-state index contributed by atoms with van der Waals surface area (Å²) < 4.78 is 5.77. The highest BCUT2D eigenvalue weighted by molar-refractivity contribution is 5.94. The third-order valence-corrected chi connectivity index (χ3v) is 7.56. The number of benzene rings is 1. The Hall–Kier alpha value is -4.64. The summed E-state index contributed by atoms with van der Waals surface area (Å²) in [4.78, 5) is 48.1. The monoisotopic (exact) mass is 566 g/mol. The maximum absolute atomic E-state index is 12.7. The number of fused-ring (bicyclic) bond motifs is 1. The second-order valence-electron chi connectivity index (χ2n) is 10.5. The number of hydrogen-bond acceptors (Lipinski definition) is 10. The van der Waals surface area contributed by atoms with Crippen LogP contribution in [0.25, 0.3) is 10.9 Å². The van der Waals surface area contributed by atoms with Crippen molar-refractivity contribution in [1.82, 2.24) is 25.3 Å². The van der Waals surface area contributed by atoms with Gasteiger partial charge in [-0.05, 0) is 56.5 Å². The number of carbonyl (C=O) groups is 2. The van der Waals surface area contributed by atoms with Crippen LogP contribution in [0.4, 0.5) is 23.3 Å². The van der Waals surface area contributed by atoms with Crippen LogP contribution in [0, 0.1) is 0 Å². The van der Waals surface area contributed by atoms with Crippen LogP contribution in [-0.4, -0.2) is 64.5 Å². The molecule has 0 saturated carbocycles. The van der Waals surface area contributed by atoms with Crippen molar-refractivity contribution in [2.45, 2.75) is 38.7 Å². The van der Waals surface area contributed by atoms with E-state index in [0.29, 0.717) is 42.5 Å². The molecule has 2 N–H and O–H groups in total. The largest absolute Gasteiger partial charge is 0.453 e. The summed E-state index contributed by atoms with van der Waals surface area (Å²) in [5, 5.41) is 7.25. The number of amides is 1. The molecule has 6 rings (SSSR count). The minimum atomic E-state index is -0.557. The molecule has 2 aliphatic rings. The molecule has 42 heavy (non-hydrogen) atoms. The van der Waals surface area contributed by atoms with Crippen molar-refractivity contribution < 1.29 is 14.3 Å². The minimum Gasteiger partial charge on any atom is -0.453 e. The maximum Gasteiger partial charge on any atom is 0.338 e. The molecule has 1 unspecified atom stereocenters. The Morgan fingerprint density at radius 3 is 2.60 bits per heavy atom. The number of rotatable bonds is 7. The zero-order chi connectivity index (χ0) is 28.9. The van der Waals surface area contributed by atoms with Gasteiger partial charge in [0.1, 0.15) is 17.4 Å². The van der Waals surface area contributed by atoms with Crippen LogP contribution >= 0.6 is 0 Å². The van der Waals surface area contributed by atoms with Gasteiger partial charge < -0.3 is 25.2 Å². The lowest BCUT2D eigenvalue weighted by Gasteiger charge is -2.29. The molecule has 1 atom stereocenters. The molecule has 5 heterocycles. The predicted octanol–water partition coefficient (Wildman–Crippen LogP) is 4.40. The quantitative estimate of drug-likeness (QED) is 0.311. The summed E-state index contributed by atoms with van der Waals surface area (Å²) in [5.74, 6) is 1.42. The van der Waals surface area contributed by atoms with Gasteiger partial charge in [-0.25, -0.2) is 24.7 Å². The van der Waals surface area contributed by atoms with Crippen molar-refractivity contribution in [3.05, 3.63) is 72.2 Å². The highest BCUT2D eigenvalue weighted by Crippen LogP contribution is 2.31. The predicted molar refractivity (Wildman–Crippen MR) is 161 cm³/mol. The highest BCUT2D eigenvalue weighted by Gasteiger charge is 2.22. The molecule has 1 amide bonds. The van der Waals surface area contributed by atoms with Crippen LogP contribution in [0.1, 0.15) is 54.8 Å². The lowest BCUT2D eigenvalue weighted by Crippen LogP contribution is -2.32. The second kappa shape index (κ2) is 12.5. The van der Waals surface area contributed by atoms with E-state index in [0.717, 1.165) is 54.9 Å². The molecule has 2 aliphatic heterocycles. The molecule has 11 nitrogen and oxygen atoms in total. The van der Waals surface area contributed by atoms with Gasteiger partial charge in [0, 0.05) is 50.7 Å². The lowest BCUT2D eigenvalue weighted by molar-refractivity contribution is -0.118. The van der Waals surface area contributed by atoms with Gasteiger partial charge in [0.2, 0.25) is 11.9 Å². The Kier molecular flexibility index (Phi) is 8.18. The zero-order valence-corrected chi connectivity index (χ0v) is 23.6. The number of anilines is 4. The molecule has 2 fully saturated rings. The van der Waals surface area contributed by atoms with E-state index in [1.54, 1.807) is 29.4 Å². The van der Waals surface area contributed by atoms with E-state index in [1.165, 1.54) is 6.42 Å². The molecule has 11 heteroatoms. The van der Waals surface area contributed by atoms with Gasteiger partial charge in [-0.1, -0.05) is 18.2 Å². The van der Waals surface area contributed by atoms with E-state index in [1.807, 2.05) is 43.3 Å². The molecule has 3 aromatic heterocycles. The standard InChI is InChI=1S/C31H34N8O3/c1-21(42-30(41)22-8-4-2-5-9-22)25-18-23-19-34-31(37-28(23)29(35-25)38-15-6-3-7-16-38)36-26-11-10-24(20-33-26)39-17-14-32-13-12-27(39)40/h2,4-5,8-11,18-21,32H,3,6-7,12-17H2,1H3,(H,33,34,36,37). The fourth-order valence-corrected chi connectivity index (χ4v) is 5.28. The van der Waals surface area contributed by atoms with Gasteiger partial charge >= 0.3 is 5.97 Å². The van der Waals surface area contributed by atoms with E-state index in [9.17, 15) is 9.59 Å². The van der Waals surface area contributed by atoms with E-state index in [2.05, 4.69) is 25.5 Å². The van der Waals surface area contributed by atoms with Crippen molar-refractivity contribution in [3.63, 3.8) is 0 Å². The first kappa shape index (κ1) is 27.5. The molecule has 0 spiro atoms. The minimum absolute atomic E-state index is 0.0848. The number of aromatic nitrogens is 4. The van der Waals surface area contributed by atoms with Crippen LogP contribution in [0.5, 0.6) is 0 Å². The summed E-state index contributed by atoms with van der Waals surface area (Å²) in [6, 6.07) is 14.5. The summed E-state index contributed by atoms with van der Waals surface area (Å²) in [6.07, 6.45) is 6.70. The summed E-state index contributed by atoms with van der Waals surface area (Å²) >= 11 is 0. The molecule has 2 saturated heterocycles. The van der Waals surface area contributed by atoms with E-state index >= 15 is 0 Å². The molecule has 216 valence electrons. The van der Waals surface area contributed by atoms with Crippen molar-refractivity contribution in [2.24, 2.45) is 0 Å². The van der Waals surface area contributed by atoms with Crippen LogP contribution in [0.3, 0.4) is 0 Å². The Bertz CT molecular complexity index is 1560. The molecule has 4 aromatic rings. The second-order valence-corrected chi connectivity index (χ2v) is 10.5. The van der Waals surface area contributed by atoms with Gasteiger partial charge in [0.05, 0.1) is 23.1 Å². The number of hydrogen-bond donors (Lipinski definition) is 2. The number of pyridine rings is 2. The van der Waals surface area contributed by atoms with Crippen molar-refractivity contribution >= 4 is 46.1 Å². The Balaban J connectivity index is 1.26. The van der Waals surface area contributed by atoms with Gasteiger partial charge in [-0.15, -0.1) is 0 Å². The Morgan fingerprint density at radius 1 is 0.976 bits per heavy atom. The number of ether oxygens (including phenoxy) is 1. The summed E-state index contributed by atoms with van der Waals surface area (Å²) in [7, 11) is 0. The van der Waals surface area contributed by atoms with Gasteiger partial charge in [-0.2, -0.15) is 0 Å². The normalized spacial score (nSPS) is 16.6. The van der Waals surface area contributed by atoms with E-state index in [-0.39, 0.29) is 5.91 Å². The molecule has 0 radical (unpaired) electrons. The topological polar surface area (TPSA) is 125 Å². The Morgan fingerprint density at radius 2 is 1.81 bits per heavy atom. The smallest absolute Gasteiger partial charge is 0.338 e. The molecule has 0 bridgehead atoms. The first-order valence-corrected chi connectivity index (χ1v) is 14.5. The number of nitrogens with one attached hydrogen (secondary N) is 2. The van der Waals surface area contributed by atoms with Crippen LogP contribution in [0.15, 0.2) is 60.9 Å². The zero-order valence-electron chi connectivity index (χ0n) is 23.6. The first-order chi connectivity index (χ1) is 20.5.